The molecule has 0 atom stereocenters. The number of hydrogen-bond acceptors (Lipinski definition) is 3. The number of rotatable bonds is 5. The maximum atomic E-state index is 12.8. The molecule has 3 aromatic rings. The van der Waals surface area contributed by atoms with Gasteiger partial charge in [0.25, 0.3) is 11.8 Å². The Bertz CT molecular complexity index is 1070. The Balaban J connectivity index is 1.79. The highest BCUT2D eigenvalue weighted by Crippen LogP contribution is 2.19. The summed E-state index contributed by atoms with van der Waals surface area (Å²) in [5.74, 6) is -0.338. The number of aromatic nitrogens is 2. The molecule has 2 aromatic carbocycles. The van der Waals surface area contributed by atoms with Crippen LogP contribution < -0.4 is 10.6 Å². The molecular formula is C23H26N4O2. The van der Waals surface area contributed by atoms with E-state index in [1.165, 1.54) is 0 Å². The van der Waals surface area contributed by atoms with Gasteiger partial charge in [-0.25, -0.2) is 4.68 Å². The van der Waals surface area contributed by atoms with Crippen molar-refractivity contribution in [3.05, 3.63) is 76.6 Å². The van der Waals surface area contributed by atoms with Gasteiger partial charge in [-0.05, 0) is 82.6 Å². The molecule has 0 aliphatic carbocycles. The molecule has 6 heteroatoms. The summed E-state index contributed by atoms with van der Waals surface area (Å²) in [6.45, 7) is 9.62. The van der Waals surface area contributed by atoms with Crippen LogP contribution in [0, 0.1) is 20.8 Å². The monoisotopic (exact) mass is 390 g/mol. The molecule has 0 unspecified atom stereocenters. The van der Waals surface area contributed by atoms with Crippen LogP contribution in [0.4, 0.5) is 5.69 Å². The molecule has 2 amide bonds. The van der Waals surface area contributed by atoms with E-state index in [0.717, 1.165) is 22.6 Å². The Kier molecular flexibility index (Phi) is 5.82. The van der Waals surface area contributed by atoms with Crippen LogP contribution in [0.25, 0.3) is 5.69 Å². The first-order valence-corrected chi connectivity index (χ1v) is 9.61. The van der Waals surface area contributed by atoms with Crippen molar-refractivity contribution in [1.29, 1.82) is 0 Å². The zero-order chi connectivity index (χ0) is 21.1. The van der Waals surface area contributed by atoms with Crippen LogP contribution in [-0.4, -0.2) is 27.6 Å². The minimum Gasteiger partial charge on any atom is -0.350 e. The Labute approximate surface area is 170 Å². The zero-order valence-electron chi connectivity index (χ0n) is 17.4. The standard InChI is InChI=1S/C23H26N4O2/c1-14(2)24-22(28)19-9-10-21(15(3)11-19)25-23(29)18-7-6-8-20(13-18)27-17(5)12-16(4)26-27/h6-14H,1-5H3,(H,24,28)(H,25,29). The zero-order valence-corrected chi connectivity index (χ0v) is 17.4. The summed E-state index contributed by atoms with van der Waals surface area (Å²) in [6.07, 6.45) is 0. The van der Waals surface area contributed by atoms with Gasteiger partial charge in [0.1, 0.15) is 0 Å². The fourth-order valence-corrected chi connectivity index (χ4v) is 3.15. The number of nitrogens with zero attached hydrogens (tertiary/aromatic N) is 2. The first kappa shape index (κ1) is 20.3. The highest BCUT2D eigenvalue weighted by atomic mass is 16.2. The quantitative estimate of drug-likeness (QED) is 0.686. The molecule has 1 aromatic heterocycles. The van der Waals surface area contributed by atoms with Crippen molar-refractivity contribution in [2.75, 3.05) is 5.32 Å². The average molecular weight is 390 g/mol. The maximum Gasteiger partial charge on any atom is 0.255 e. The molecule has 2 N–H and O–H groups in total. The van der Waals surface area contributed by atoms with Gasteiger partial charge in [-0.15, -0.1) is 0 Å². The van der Waals surface area contributed by atoms with Crippen LogP contribution in [0.1, 0.15) is 51.5 Å². The Morgan fingerprint density at radius 1 is 0.931 bits per heavy atom. The highest BCUT2D eigenvalue weighted by Gasteiger charge is 2.13. The van der Waals surface area contributed by atoms with Gasteiger partial charge in [-0.2, -0.15) is 5.10 Å². The normalized spacial score (nSPS) is 10.8. The Morgan fingerprint density at radius 3 is 2.28 bits per heavy atom. The van der Waals surface area contributed by atoms with E-state index in [1.807, 2.05) is 63.6 Å². The molecule has 0 aliphatic heterocycles. The molecule has 0 radical (unpaired) electrons. The largest absolute Gasteiger partial charge is 0.350 e. The van der Waals surface area contributed by atoms with Crippen molar-refractivity contribution in [1.82, 2.24) is 15.1 Å². The summed E-state index contributed by atoms with van der Waals surface area (Å²) < 4.78 is 1.82. The lowest BCUT2D eigenvalue weighted by atomic mass is 10.1. The molecule has 3 rings (SSSR count). The molecule has 1 heterocycles. The number of anilines is 1. The number of amides is 2. The highest BCUT2D eigenvalue weighted by molar-refractivity contribution is 6.05. The van der Waals surface area contributed by atoms with Gasteiger partial charge < -0.3 is 10.6 Å². The number of benzene rings is 2. The van der Waals surface area contributed by atoms with Crippen LogP contribution >= 0.6 is 0 Å². The number of carbonyl (C=O) groups excluding carboxylic acids is 2. The van der Waals surface area contributed by atoms with E-state index in [0.29, 0.717) is 16.8 Å². The molecule has 29 heavy (non-hydrogen) atoms. The van der Waals surface area contributed by atoms with Crippen LogP contribution in [0.2, 0.25) is 0 Å². The van der Waals surface area contributed by atoms with Gasteiger partial charge >= 0.3 is 0 Å². The molecule has 0 saturated heterocycles. The molecule has 0 bridgehead atoms. The van der Waals surface area contributed by atoms with Crippen LogP contribution in [0.15, 0.2) is 48.5 Å². The van der Waals surface area contributed by atoms with Crippen LogP contribution in [0.3, 0.4) is 0 Å². The smallest absolute Gasteiger partial charge is 0.255 e. The summed E-state index contributed by atoms with van der Waals surface area (Å²) in [4.78, 5) is 24.9. The van der Waals surface area contributed by atoms with E-state index in [2.05, 4.69) is 15.7 Å². The maximum absolute atomic E-state index is 12.8. The van der Waals surface area contributed by atoms with Gasteiger partial charge in [0.2, 0.25) is 0 Å². The van der Waals surface area contributed by atoms with Gasteiger partial charge in [0.05, 0.1) is 11.4 Å². The average Bonchev–Trinajstić information content (AvgIpc) is 3.01. The number of nitrogens with one attached hydrogen (secondary N) is 2. The van der Waals surface area contributed by atoms with Crippen molar-refractivity contribution in [2.45, 2.75) is 40.7 Å². The first-order chi connectivity index (χ1) is 13.7. The van der Waals surface area contributed by atoms with Crippen molar-refractivity contribution in [3.8, 4) is 5.69 Å². The molecule has 0 spiro atoms. The van der Waals surface area contributed by atoms with Crippen molar-refractivity contribution >= 4 is 17.5 Å². The molecule has 6 nitrogen and oxygen atoms in total. The summed E-state index contributed by atoms with van der Waals surface area (Å²) >= 11 is 0. The minimum atomic E-state index is -0.212. The van der Waals surface area contributed by atoms with Crippen molar-refractivity contribution in [3.63, 3.8) is 0 Å². The van der Waals surface area contributed by atoms with Gasteiger partial charge in [-0.1, -0.05) is 6.07 Å². The van der Waals surface area contributed by atoms with Gasteiger partial charge in [0.15, 0.2) is 0 Å². The fraction of sp³-hybridized carbons (Fsp3) is 0.261. The third-order valence-electron chi connectivity index (χ3n) is 4.52. The van der Waals surface area contributed by atoms with E-state index in [4.69, 9.17) is 0 Å². The topological polar surface area (TPSA) is 76.0 Å². The van der Waals surface area contributed by atoms with Crippen molar-refractivity contribution in [2.24, 2.45) is 0 Å². The second-order valence-electron chi connectivity index (χ2n) is 7.50. The SMILES string of the molecule is Cc1cc(C)n(-c2cccc(C(=O)Nc3ccc(C(=O)NC(C)C)cc3C)c2)n1. The predicted molar refractivity (Wildman–Crippen MR) is 115 cm³/mol. The van der Waals surface area contributed by atoms with E-state index in [-0.39, 0.29) is 17.9 Å². The Hall–Kier alpha value is -3.41. The number of aryl methyl sites for hydroxylation is 3. The summed E-state index contributed by atoms with van der Waals surface area (Å²) in [5.41, 5.74) is 5.37. The summed E-state index contributed by atoms with van der Waals surface area (Å²) in [7, 11) is 0. The number of carbonyl (C=O) groups is 2. The minimum absolute atomic E-state index is 0.0664. The molecular weight excluding hydrogens is 364 g/mol. The van der Waals surface area contributed by atoms with E-state index < -0.39 is 0 Å². The van der Waals surface area contributed by atoms with Crippen LogP contribution in [0.5, 0.6) is 0 Å². The predicted octanol–water partition coefficient (Wildman–Crippen LogP) is 4.19. The van der Waals surface area contributed by atoms with Gasteiger partial charge in [0, 0.05) is 28.6 Å². The van der Waals surface area contributed by atoms with Crippen molar-refractivity contribution < 1.29 is 9.59 Å². The van der Waals surface area contributed by atoms with Gasteiger partial charge in [-0.3, -0.25) is 9.59 Å². The van der Waals surface area contributed by atoms with E-state index in [1.54, 1.807) is 24.3 Å². The molecule has 150 valence electrons. The third-order valence-corrected chi connectivity index (χ3v) is 4.52. The second kappa shape index (κ2) is 8.31. The fourth-order valence-electron chi connectivity index (χ4n) is 3.15. The lowest BCUT2D eigenvalue weighted by molar-refractivity contribution is 0.0942. The number of hydrogen-bond donors (Lipinski definition) is 2. The molecule has 0 aliphatic rings. The lowest BCUT2D eigenvalue weighted by Gasteiger charge is -2.12. The van der Waals surface area contributed by atoms with E-state index >= 15 is 0 Å². The lowest BCUT2D eigenvalue weighted by Crippen LogP contribution is -2.30. The van der Waals surface area contributed by atoms with Crippen LogP contribution in [-0.2, 0) is 0 Å². The van der Waals surface area contributed by atoms with E-state index in [9.17, 15) is 9.59 Å². The third kappa shape index (κ3) is 4.71. The molecule has 0 fully saturated rings. The first-order valence-electron chi connectivity index (χ1n) is 9.61. The second-order valence-corrected chi connectivity index (χ2v) is 7.50. The Morgan fingerprint density at radius 2 is 1.66 bits per heavy atom. The summed E-state index contributed by atoms with van der Waals surface area (Å²) in [5, 5.41) is 10.3. The summed E-state index contributed by atoms with van der Waals surface area (Å²) in [6, 6.07) is 14.7. The molecule has 0 saturated carbocycles.